The Labute approximate surface area is 92.7 Å². The van der Waals surface area contributed by atoms with Crippen LogP contribution in [0.4, 0.5) is 5.69 Å². The molecule has 0 unspecified atom stereocenters. The molecule has 1 amide bonds. The van der Waals surface area contributed by atoms with Crippen molar-refractivity contribution in [3.8, 4) is 0 Å². The summed E-state index contributed by atoms with van der Waals surface area (Å²) in [7, 11) is 0. The number of ether oxygens (including phenoxy) is 1. The van der Waals surface area contributed by atoms with Crippen LogP contribution in [-0.2, 0) is 9.53 Å². The second-order valence-corrected chi connectivity index (χ2v) is 3.05. The molecule has 16 heavy (non-hydrogen) atoms. The van der Waals surface area contributed by atoms with Crippen molar-refractivity contribution in [1.82, 2.24) is 4.98 Å². The Morgan fingerprint density at radius 1 is 1.56 bits per heavy atom. The third-order valence-electron chi connectivity index (χ3n) is 1.54. The minimum atomic E-state index is -0.376. The fourth-order valence-corrected chi connectivity index (χ4v) is 1.01. The number of nitrogens with one attached hydrogen (secondary N) is 3. The summed E-state index contributed by atoms with van der Waals surface area (Å²) in [6.07, 6.45) is 2.90. The van der Waals surface area contributed by atoms with Crippen molar-refractivity contribution < 1.29 is 9.53 Å². The molecule has 0 atom stereocenters. The molecule has 0 bridgehead atoms. The summed E-state index contributed by atoms with van der Waals surface area (Å²) in [6, 6.07) is 3.39. The molecule has 1 rings (SSSR count). The van der Waals surface area contributed by atoms with Gasteiger partial charge in [-0.05, 0) is 12.1 Å². The molecule has 6 heteroatoms. The molecule has 1 aromatic rings. The summed E-state index contributed by atoms with van der Waals surface area (Å²) in [5.41, 5.74) is 0.562. The number of aromatic nitrogens is 1. The first-order chi connectivity index (χ1) is 7.58. The number of hydrogen-bond donors (Lipinski definition) is 3. The van der Waals surface area contributed by atoms with E-state index in [0.29, 0.717) is 5.69 Å². The molecular weight excluding hydrogens is 208 g/mol. The highest BCUT2D eigenvalue weighted by Gasteiger charge is 2.08. The fraction of sp³-hybridized carbons (Fsp3) is 0.200. The predicted molar refractivity (Wildman–Crippen MR) is 59.7 cm³/mol. The first kappa shape index (κ1) is 11.8. The van der Waals surface area contributed by atoms with E-state index in [1.54, 1.807) is 18.3 Å². The van der Waals surface area contributed by atoms with Crippen molar-refractivity contribution in [3.63, 3.8) is 0 Å². The van der Waals surface area contributed by atoms with Gasteiger partial charge < -0.3 is 10.1 Å². The zero-order valence-corrected chi connectivity index (χ0v) is 8.78. The number of nitrogens with zero attached hydrogens (tertiary/aromatic N) is 1. The molecule has 1 aromatic heterocycles. The van der Waals surface area contributed by atoms with Crippen LogP contribution in [0.2, 0.25) is 0 Å². The summed E-state index contributed by atoms with van der Waals surface area (Å²) in [4.78, 5) is 15.2. The van der Waals surface area contributed by atoms with Gasteiger partial charge in [-0.15, -0.1) is 0 Å². The Morgan fingerprint density at radius 2 is 2.31 bits per heavy atom. The number of amides is 1. The zero-order valence-electron chi connectivity index (χ0n) is 8.78. The van der Waals surface area contributed by atoms with Crippen LogP contribution in [0.15, 0.2) is 24.5 Å². The summed E-state index contributed by atoms with van der Waals surface area (Å²) in [5, 5.41) is 16.8. The SMILES string of the molecule is CC(=N)OC(=N)CC(=O)Nc1cccnc1. The summed E-state index contributed by atoms with van der Waals surface area (Å²) >= 11 is 0. The van der Waals surface area contributed by atoms with E-state index in [9.17, 15) is 4.79 Å². The minimum Gasteiger partial charge on any atom is -0.430 e. The van der Waals surface area contributed by atoms with Gasteiger partial charge in [-0.2, -0.15) is 0 Å². The number of anilines is 1. The van der Waals surface area contributed by atoms with Crippen molar-refractivity contribution in [2.45, 2.75) is 13.3 Å². The quantitative estimate of drug-likeness (QED) is 0.530. The smallest absolute Gasteiger partial charge is 0.233 e. The lowest BCUT2D eigenvalue weighted by atomic mass is 10.3. The van der Waals surface area contributed by atoms with Gasteiger partial charge in [0, 0.05) is 13.1 Å². The van der Waals surface area contributed by atoms with Crippen LogP contribution < -0.4 is 5.32 Å². The van der Waals surface area contributed by atoms with E-state index in [1.807, 2.05) is 0 Å². The molecular formula is C10H12N4O2. The van der Waals surface area contributed by atoms with Crippen LogP contribution in [-0.4, -0.2) is 22.7 Å². The van der Waals surface area contributed by atoms with Gasteiger partial charge in [-0.25, -0.2) is 0 Å². The van der Waals surface area contributed by atoms with E-state index in [2.05, 4.69) is 15.0 Å². The molecule has 0 saturated carbocycles. The maximum atomic E-state index is 11.4. The second-order valence-electron chi connectivity index (χ2n) is 3.05. The van der Waals surface area contributed by atoms with E-state index < -0.39 is 0 Å². The number of pyridine rings is 1. The van der Waals surface area contributed by atoms with Gasteiger partial charge in [0.25, 0.3) is 0 Å². The van der Waals surface area contributed by atoms with Gasteiger partial charge in [0.05, 0.1) is 11.9 Å². The molecule has 0 aliphatic heterocycles. The zero-order chi connectivity index (χ0) is 12.0. The standard InChI is InChI=1S/C10H12N4O2/c1-7(11)16-9(12)5-10(15)14-8-3-2-4-13-6-8/h2-4,6,11-12H,5H2,1H3,(H,14,15). The van der Waals surface area contributed by atoms with E-state index in [-0.39, 0.29) is 24.1 Å². The van der Waals surface area contributed by atoms with Crippen molar-refractivity contribution in [1.29, 1.82) is 10.8 Å². The molecule has 0 aliphatic carbocycles. The molecule has 0 aromatic carbocycles. The Kier molecular flexibility index (Phi) is 4.14. The van der Waals surface area contributed by atoms with Crippen LogP contribution in [0.1, 0.15) is 13.3 Å². The van der Waals surface area contributed by atoms with Crippen molar-refractivity contribution >= 4 is 23.4 Å². The summed E-state index contributed by atoms with van der Waals surface area (Å²) in [5.74, 6) is -0.743. The molecule has 0 spiro atoms. The Balaban J connectivity index is 2.42. The molecule has 0 radical (unpaired) electrons. The first-order valence-electron chi connectivity index (χ1n) is 4.58. The third kappa shape index (κ3) is 4.32. The highest BCUT2D eigenvalue weighted by atomic mass is 16.5. The largest absolute Gasteiger partial charge is 0.430 e. The first-order valence-corrected chi connectivity index (χ1v) is 4.58. The van der Waals surface area contributed by atoms with Crippen LogP contribution >= 0.6 is 0 Å². The van der Waals surface area contributed by atoms with Gasteiger partial charge in [-0.1, -0.05) is 0 Å². The maximum absolute atomic E-state index is 11.4. The molecule has 0 aliphatic rings. The third-order valence-corrected chi connectivity index (χ3v) is 1.54. The molecule has 3 N–H and O–H groups in total. The van der Waals surface area contributed by atoms with Crippen molar-refractivity contribution in [2.24, 2.45) is 0 Å². The number of carbonyl (C=O) groups is 1. The van der Waals surface area contributed by atoms with Crippen molar-refractivity contribution in [2.75, 3.05) is 5.32 Å². The summed E-state index contributed by atoms with van der Waals surface area (Å²) in [6.45, 7) is 1.40. The predicted octanol–water partition coefficient (Wildman–Crippen LogP) is 1.40. The van der Waals surface area contributed by atoms with E-state index >= 15 is 0 Å². The van der Waals surface area contributed by atoms with Crippen LogP contribution in [0.5, 0.6) is 0 Å². The normalized spacial score (nSPS) is 9.31. The Morgan fingerprint density at radius 3 is 2.88 bits per heavy atom. The van der Waals surface area contributed by atoms with Crippen LogP contribution in [0.3, 0.4) is 0 Å². The van der Waals surface area contributed by atoms with E-state index in [1.165, 1.54) is 13.1 Å². The molecule has 84 valence electrons. The maximum Gasteiger partial charge on any atom is 0.233 e. The lowest BCUT2D eigenvalue weighted by molar-refractivity contribution is -0.115. The average Bonchev–Trinajstić information content (AvgIpc) is 2.17. The Hall–Kier alpha value is -2.24. The lowest BCUT2D eigenvalue weighted by Gasteiger charge is -2.05. The Bertz CT molecular complexity index is 403. The number of carbonyl (C=O) groups excluding carboxylic acids is 1. The number of rotatable bonds is 3. The van der Waals surface area contributed by atoms with Gasteiger partial charge in [0.15, 0.2) is 11.8 Å². The molecule has 0 fully saturated rings. The van der Waals surface area contributed by atoms with Crippen LogP contribution in [0.25, 0.3) is 0 Å². The monoisotopic (exact) mass is 220 g/mol. The molecule has 0 saturated heterocycles. The fourth-order valence-electron chi connectivity index (χ4n) is 1.01. The average molecular weight is 220 g/mol. The number of hydrogen-bond acceptors (Lipinski definition) is 5. The topological polar surface area (TPSA) is 98.9 Å². The van der Waals surface area contributed by atoms with E-state index in [0.717, 1.165) is 0 Å². The highest BCUT2D eigenvalue weighted by Crippen LogP contribution is 2.03. The highest BCUT2D eigenvalue weighted by molar-refractivity contribution is 6.04. The molecule has 6 nitrogen and oxygen atoms in total. The van der Waals surface area contributed by atoms with Gasteiger partial charge in [0.2, 0.25) is 5.91 Å². The second kappa shape index (κ2) is 5.59. The van der Waals surface area contributed by atoms with Gasteiger partial charge >= 0.3 is 0 Å². The van der Waals surface area contributed by atoms with Gasteiger partial charge in [-0.3, -0.25) is 20.6 Å². The van der Waals surface area contributed by atoms with Crippen molar-refractivity contribution in [3.05, 3.63) is 24.5 Å². The molecule has 1 heterocycles. The van der Waals surface area contributed by atoms with E-state index in [4.69, 9.17) is 10.8 Å². The lowest BCUT2D eigenvalue weighted by Crippen LogP contribution is -2.18. The minimum absolute atomic E-state index is 0.112. The van der Waals surface area contributed by atoms with Gasteiger partial charge in [0.1, 0.15) is 6.42 Å². The summed E-state index contributed by atoms with van der Waals surface area (Å²) < 4.78 is 4.65. The van der Waals surface area contributed by atoms with Crippen LogP contribution in [0, 0.1) is 10.8 Å².